The Hall–Kier alpha value is -3.31. The van der Waals surface area contributed by atoms with Gasteiger partial charge >= 0.3 is 6.18 Å². The maximum Gasteiger partial charge on any atom is 0.417 e. The summed E-state index contributed by atoms with van der Waals surface area (Å²) in [7, 11) is -4.45. The Kier molecular flexibility index (Phi) is 6.67. The van der Waals surface area contributed by atoms with Gasteiger partial charge in [0.1, 0.15) is 0 Å². The summed E-state index contributed by atoms with van der Waals surface area (Å²) < 4.78 is 69.7. The van der Waals surface area contributed by atoms with Crippen LogP contribution in [0.3, 0.4) is 0 Å². The number of alkyl halides is 3. The molecule has 0 saturated carbocycles. The SMILES string of the molecule is O=C(c1ccnnc1)N1CCC(NS(=O)(=O)c2ccc(-c3ccccc3)cc2C(F)(F)F)CC1. The van der Waals surface area contributed by atoms with Crippen LogP contribution in [0.15, 0.2) is 71.9 Å². The third-order valence-corrected chi connectivity index (χ3v) is 7.20. The van der Waals surface area contributed by atoms with Crippen molar-refractivity contribution in [2.45, 2.75) is 30.0 Å². The molecule has 2 aromatic carbocycles. The molecular formula is C23H21F3N4O3S. The van der Waals surface area contributed by atoms with Gasteiger partial charge in [-0.2, -0.15) is 23.4 Å². The van der Waals surface area contributed by atoms with Gasteiger partial charge in [-0.15, -0.1) is 0 Å². The average molecular weight is 491 g/mol. The van der Waals surface area contributed by atoms with Crippen LogP contribution in [0.25, 0.3) is 11.1 Å². The lowest BCUT2D eigenvalue weighted by molar-refractivity contribution is -0.139. The van der Waals surface area contributed by atoms with Crippen molar-refractivity contribution in [2.75, 3.05) is 13.1 Å². The maximum absolute atomic E-state index is 13.8. The van der Waals surface area contributed by atoms with E-state index in [9.17, 15) is 26.4 Å². The molecule has 7 nitrogen and oxygen atoms in total. The van der Waals surface area contributed by atoms with Crippen LogP contribution in [-0.2, 0) is 16.2 Å². The lowest BCUT2D eigenvalue weighted by Gasteiger charge is -2.32. The summed E-state index contributed by atoms with van der Waals surface area (Å²) in [6, 6.07) is 12.6. The number of hydrogen-bond acceptors (Lipinski definition) is 5. The normalized spacial score (nSPS) is 15.3. The molecule has 34 heavy (non-hydrogen) atoms. The van der Waals surface area contributed by atoms with Gasteiger partial charge < -0.3 is 4.90 Å². The fourth-order valence-electron chi connectivity index (χ4n) is 3.88. The van der Waals surface area contributed by atoms with Gasteiger partial charge in [0.25, 0.3) is 5.91 Å². The zero-order valence-corrected chi connectivity index (χ0v) is 18.7. The number of rotatable bonds is 5. The molecule has 1 amide bonds. The fourth-order valence-corrected chi connectivity index (χ4v) is 5.39. The summed E-state index contributed by atoms with van der Waals surface area (Å²) >= 11 is 0. The van der Waals surface area contributed by atoms with Crippen LogP contribution in [0, 0.1) is 0 Å². The first-order chi connectivity index (χ1) is 16.1. The molecule has 0 bridgehead atoms. The summed E-state index contributed by atoms with van der Waals surface area (Å²) in [5, 5.41) is 7.29. The molecule has 178 valence electrons. The van der Waals surface area contributed by atoms with Crippen LogP contribution in [0.1, 0.15) is 28.8 Å². The highest BCUT2D eigenvalue weighted by molar-refractivity contribution is 7.89. The Balaban J connectivity index is 1.51. The number of piperidine rings is 1. The molecule has 0 radical (unpaired) electrons. The number of nitrogens with one attached hydrogen (secondary N) is 1. The van der Waals surface area contributed by atoms with Crippen molar-refractivity contribution in [2.24, 2.45) is 0 Å². The summed E-state index contributed by atoms with van der Waals surface area (Å²) in [6.45, 7) is 0.515. The number of hydrogen-bond donors (Lipinski definition) is 1. The van der Waals surface area contributed by atoms with Gasteiger partial charge in [-0.05, 0) is 42.2 Å². The molecular weight excluding hydrogens is 469 g/mol. The number of carbonyl (C=O) groups is 1. The molecule has 3 aromatic rings. The van der Waals surface area contributed by atoms with Gasteiger partial charge in [0.05, 0.1) is 28.4 Å². The molecule has 0 spiro atoms. The first-order valence-electron chi connectivity index (χ1n) is 10.5. The molecule has 0 atom stereocenters. The number of aromatic nitrogens is 2. The van der Waals surface area contributed by atoms with Gasteiger partial charge in [-0.3, -0.25) is 4.79 Å². The molecule has 2 heterocycles. The predicted octanol–water partition coefficient (Wildman–Crippen LogP) is 3.75. The topological polar surface area (TPSA) is 92.3 Å². The van der Waals surface area contributed by atoms with Crippen molar-refractivity contribution in [1.29, 1.82) is 0 Å². The van der Waals surface area contributed by atoms with E-state index in [0.29, 0.717) is 11.1 Å². The lowest BCUT2D eigenvalue weighted by Crippen LogP contribution is -2.46. The summed E-state index contributed by atoms with van der Waals surface area (Å²) in [6.07, 6.45) is -1.58. The van der Waals surface area contributed by atoms with Gasteiger partial charge in [0.2, 0.25) is 10.0 Å². The monoisotopic (exact) mass is 490 g/mol. The van der Waals surface area contributed by atoms with Crippen molar-refractivity contribution >= 4 is 15.9 Å². The highest BCUT2D eigenvalue weighted by Gasteiger charge is 2.38. The van der Waals surface area contributed by atoms with E-state index in [2.05, 4.69) is 14.9 Å². The van der Waals surface area contributed by atoms with E-state index in [-0.39, 0.29) is 37.4 Å². The van der Waals surface area contributed by atoms with Gasteiger partial charge in [0, 0.05) is 19.1 Å². The third-order valence-electron chi connectivity index (χ3n) is 5.62. The largest absolute Gasteiger partial charge is 0.417 e. The van der Waals surface area contributed by atoms with Crippen molar-refractivity contribution in [1.82, 2.24) is 19.8 Å². The van der Waals surface area contributed by atoms with Crippen molar-refractivity contribution in [3.05, 3.63) is 78.1 Å². The molecule has 1 aromatic heterocycles. The molecule has 1 fully saturated rings. The van der Waals surface area contributed by atoms with E-state index < -0.39 is 32.7 Å². The van der Waals surface area contributed by atoms with Gasteiger partial charge in [-0.25, -0.2) is 13.1 Å². The first kappa shape index (κ1) is 23.8. The second-order valence-electron chi connectivity index (χ2n) is 7.89. The summed E-state index contributed by atoms with van der Waals surface area (Å²) in [5.41, 5.74) is -0.0443. The van der Waals surface area contributed by atoms with E-state index in [1.165, 1.54) is 24.5 Å². The van der Waals surface area contributed by atoms with Gasteiger partial charge in [0.15, 0.2) is 0 Å². The summed E-state index contributed by atoms with van der Waals surface area (Å²) in [4.78, 5) is 13.2. The van der Waals surface area contributed by atoms with Crippen LogP contribution in [0.4, 0.5) is 13.2 Å². The van der Waals surface area contributed by atoms with Crippen molar-refractivity contribution in [3.8, 4) is 11.1 Å². The molecule has 1 N–H and O–H groups in total. The highest BCUT2D eigenvalue weighted by atomic mass is 32.2. The molecule has 11 heteroatoms. The second kappa shape index (κ2) is 9.51. The van der Waals surface area contributed by atoms with E-state index in [1.807, 2.05) is 0 Å². The number of sulfonamides is 1. The Morgan fingerprint density at radius 2 is 1.68 bits per heavy atom. The Bertz CT molecular complexity index is 1260. The second-order valence-corrected chi connectivity index (χ2v) is 9.58. The van der Waals surface area contributed by atoms with E-state index in [4.69, 9.17) is 0 Å². The number of amides is 1. The van der Waals surface area contributed by atoms with E-state index in [0.717, 1.165) is 12.1 Å². The number of carbonyl (C=O) groups excluding carboxylic acids is 1. The van der Waals surface area contributed by atoms with Crippen LogP contribution >= 0.6 is 0 Å². The molecule has 0 aliphatic carbocycles. The fraction of sp³-hybridized carbons (Fsp3) is 0.261. The Labute approximate surface area is 194 Å². The molecule has 1 saturated heterocycles. The quantitative estimate of drug-likeness (QED) is 0.588. The Morgan fingerprint density at radius 3 is 2.29 bits per heavy atom. The van der Waals surface area contributed by atoms with Crippen LogP contribution < -0.4 is 4.72 Å². The third kappa shape index (κ3) is 5.26. The number of likely N-dealkylation sites (tertiary alicyclic amines) is 1. The van der Waals surface area contributed by atoms with Crippen LogP contribution in [-0.4, -0.2) is 48.6 Å². The first-order valence-corrected chi connectivity index (χ1v) is 12.0. The van der Waals surface area contributed by atoms with E-state index in [1.54, 1.807) is 35.2 Å². The van der Waals surface area contributed by atoms with Crippen LogP contribution in [0.5, 0.6) is 0 Å². The number of benzene rings is 2. The zero-order valence-electron chi connectivity index (χ0n) is 17.9. The van der Waals surface area contributed by atoms with E-state index >= 15 is 0 Å². The number of halogens is 3. The van der Waals surface area contributed by atoms with Crippen LogP contribution in [0.2, 0.25) is 0 Å². The molecule has 0 unspecified atom stereocenters. The average Bonchev–Trinajstić information content (AvgIpc) is 2.84. The zero-order chi connectivity index (χ0) is 24.3. The highest BCUT2D eigenvalue weighted by Crippen LogP contribution is 2.37. The van der Waals surface area contributed by atoms with Gasteiger partial charge in [-0.1, -0.05) is 36.4 Å². The molecule has 4 rings (SSSR count). The Morgan fingerprint density at radius 1 is 0.971 bits per heavy atom. The minimum absolute atomic E-state index is 0.257. The molecule has 1 aliphatic heterocycles. The lowest BCUT2D eigenvalue weighted by atomic mass is 10.0. The van der Waals surface area contributed by atoms with Crippen molar-refractivity contribution in [3.63, 3.8) is 0 Å². The smallest absolute Gasteiger partial charge is 0.338 e. The minimum Gasteiger partial charge on any atom is -0.338 e. The summed E-state index contributed by atoms with van der Waals surface area (Å²) in [5.74, 6) is -0.257. The number of nitrogens with zero attached hydrogens (tertiary/aromatic N) is 3. The van der Waals surface area contributed by atoms with Crippen molar-refractivity contribution < 1.29 is 26.4 Å². The minimum atomic E-state index is -4.86. The standard InChI is InChI=1S/C23H21F3N4O3S/c24-23(25,26)20-14-17(16-4-2-1-3-5-16)6-7-21(20)34(32,33)29-19-9-12-30(13-10-19)22(31)18-8-11-27-28-15-18/h1-8,11,14-15,19,29H,9-10,12-13H2. The maximum atomic E-state index is 13.8. The predicted molar refractivity (Wildman–Crippen MR) is 118 cm³/mol. The molecule has 1 aliphatic rings.